The molecule has 0 bridgehead atoms. The van der Waals surface area contributed by atoms with Crippen LogP contribution in [0, 0.1) is 0 Å². The summed E-state index contributed by atoms with van der Waals surface area (Å²) in [6, 6.07) is 0. The molecule has 0 amide bonds. The predicted molar refractivity (Wildman–Crippen MR) is 23.8 cm³/mol. The Morgan fingerprint density at radius 3 is 1.71 bits per heavy atom. The van der Waals surface area contributed by atoms with Gasteiger partial charge < -0.3 is 0 Å². The molecule has 3 N–H and O–H groups in total. The predicted octanol–water partition coefficient (Wildman–Crippen LogP) is -1.01. The first-order chi connectivity index (χ1) is 3.00. The normalized spacial score (nSPS) is 20.6. The summed E-state index contributed by atoms with van der Waals surface area (Å²) >= 11 is 0. The van der Waals surface area contributed by atoms with Crippen molar-refractivity contribution in [3.8, 4) is 0 Å². The Bertz CT molecular complexity index is 25.7. The molecule has 0 aliphatic carbocycles. The Balaban J connectivity index is 0.000000360. The number of nitrogens with one attached hydrogen (secondary N) is 3. The average Bonchev–Trinajstić information content (AvgIpc) is 1.72. The van der Waals surface area contributed by atoms with Gasteiger partial charge in [0.1, 0.15) is 0 Å². The number of hydrazine groups is 2. The third kappa shape index (κ3) is 3.04. The Kier molecular flexibility index (Phi) is 4.84. The molecule has 0 unspecified atom stereocenters. The molecule has 7 heavy (non-hydrogen) atoms. The first kappa shape index (κ1) is 7.41. The molecule has 1 fully saturated rings. The smallest absolute Gasteiger partial charge is 0.0126 e. The average molecular weight is 139 g/mol. The maximum absolute atomic E-state index is 2.92. The van der Waals surface area contributed by atoms with Crippen LogP contribution >= 0.6 is 0 Å². The van der Waals surface area contributed by atoms with Gasteiger partial charge in [-0.05, 0) is 6.42 Å². The minimum Gasteiger partial charge on any atom is -0.244 e. The molecule has 0 spiro atoms. The molecule has 4 heteroatoms. The summed E-state index contributed by atoms with van der Waals surface area (Å²) in [6.45, 7) is 2.15. The van der Waals surface area contributed by atoms with Crippen molar-refractivity contribution in [1.82, 2.24) is 16.4 Å². The first-order valence-electron chi connectivity index (χ1n) is 2.21. The van der Waals surface area contributed by atoms with Crippen LogP contribution in [-0.4, -0.2) is 13.1 Å². The van der Waals surface area contributed by atoms with Crippen molar-refractivity contribution in [1.29, 1.82) is 0 Å². The summed E-state index contributed by atoms with van der Waals surface area (Å²) in [5, 5.41) is 0. The monoisotopic (exact) mass is 139 g/mol. The molecule has 0 aromatic heterocycles. The molecule has 42 valence electrons. The van der Waals surface area contributed by atoms with Gasteiger partial charge in [-0.15, -0.1) is 0 Å². The van der Waals surface area contributed by atoms with Gasteiger partial charge >= 0.3 is 0 Å². The Hall–Kier alpha value is 0.412. The van der Waals surface area contributed by atoms with Gasteiger partial charge in [0.05, 0.1) is 0 Å². The van der Waals surface area contributed by atoms with Crippen LogP contribution in [-0.2, 0) is 17.4 Å². The van der Waals surface area contributed by atoms with Crippen molar-refractivity contribution in [3.63, 3.8) is 0 Å². The molecule has 0 radical (unpaired) electrons. The quantitative estimate of drug-likeness (QED) is 0.402. The van der Waals surface area contributed by atoms with E-state index in [9.17, 15) is 0 Å². The summed E-state index contributed by atoms with van der Waals surface area (Å²) in [5.74, 6) is 0. The fourth-order valence-corrected chi connectivity index (χ4v) is 0.453. The van der Waals surface area contributed by atoms with Crippen molar-refractivity contribution < 1.29 is 17.4 Å². The van der Waals surface area contributed by atoms with Crippen LogP contribution in [0.1, 0.15) is 6.42 Å². The standard InChI is InChI=1S/C3H9N3.Cr/c1-2-4-6-5-3-1;/h4-6H,1-3H2;. The van der Waals surface area contributed by atoms with Gasteiger partial charge in [0.25, 0.3) is 0 Å². The van der Waals surface area contributed by atoms with Gasteiger partial charge in [0.15, 0.2) is 0 Å². The van der Waals surface area contributed by atoms with Gasteiger partial charge in [-0.2, -0.15) is 5.53 Å². The maximum atomic E-state index is 2.92. The molecule has 0 aromatic carbocycles. The van der Waals surface area contributed by atoms with Gasteiger partial charge in [-0.3, -0.25) is 0 Å². The van der Waals surface area contributed by atoms with Gasteiger partial charge in [-0.25, -0.2) is 10.9 Å². The molecule has 1 aliphatic rings. The van der Waals surface area contributed by atoms with Crippen molar-refractivity contribution in [2.75, 3.05) is 13.1 Å². The second kappa shape index (κ2) is 4.57. The molecular weight excluding hydrogens is 130 g/mol. The van der Waals surface area contributed by atoms with Crippen molar-refractivity contribution in [2.24, 2.45) is 0 Å². The van der Waals surface area contributed by atoms with Crippen LogP contribution < -0.4 is 16.4 Å². The Labute approximate surface area is 53.9 Å². The van der Waals surface area contributed by atoms with Gasteiger partial charge in [0.2, 0.25) is 0 Å². The molecule has 1 heterocycles. The van der Waals surface area contributed by atoms with Crippen LogP contribution in [0.3, 0.4) is 0 Å². The summed E-state index contributed by atoms with van der Waals surface area (Å²) in [4.78, 5) is 0. The minimum absolute atomic E-state index is 0. The third-order valence-electron chi connectivity index (χ3n) is 0.780. The molecule has 0 aromatic rings. The second-order valence-corrected chi connectivity index (χ2v) is 1.33. The summed E-state index contributed by atoms with van der Waals surface area (Å²) in [6.07, 6.45) is 1.22. The largest absolute Gasteiger partial charge is 0.244 e. The van der Waals surface area contributed by atoms with Gasteiger partial charge in [0, 0.05) is 30.5 Å². The summed E-state index contributed by atoms with van der Waals surface area (Å²) < 4.78 is 0. The first-order valence-corrected chi connectivity index (χ1v) is 2.21. The zero-order valence-electron chi connectivity index (χ0n) is 4.03. The van der Waals surface area contributed by atoms with Crippen LogP contribution in [0.5, 0.6) is 0 Å². The van der Waals surface area contributed by atoms with Crippen molar-refractivity contribution >= 4 is 0 Å². The van der Waals surface area contributed by atoms with E-state index in [-0.39, 0.29) is 17.4 Å². The maximum Gasteiger partial charge on any atom is 0.0126 e. The van der Waals surface area contributed by atoms with Crippen LogP contribution in [0.15, 0.2) is 0 Å². The second-order valence-electron chi connectivity index (χ2n) is 1.33. The van der Waals surface area contributed by atoms with E-state index in [1.807, 2.05) is 0 Å². The van der Waals surface area contributed by atoms with E-state index in [2.05, 4.69) is 16.4 Å². The van der Waals surface area contributed by atoms with E-state index in [1.54, 1.807) is 0 Å². The van der Waals surface area contributed by atoms with E-state index in [1.165, 1.54) is 6.42 Å². The number of rotatable bonds is 0. The zero-order valence-corrected chi connectivity index (χ0v) is 5.30. The zero-order chi connectivity index (χ0) is 4.24. The minimum atomic E-state index is 0. The summed E-state index contributed by atoms with van der Waals surface area (Å²) in [5.41, 5.74) is 8.63. The Morgan fingerprint density at radius 1 is 1.00 bits per heavy atom. The molecule has 0 atom stereocenters. The van der Waals surface area contributed by atoms with Crippen LogP contribution in [0.2, 0.25) is 0 Å². The van der Waals surface area contributed by atoms with E-state index in [0.717, 1.165) is 13.1 Å². The van der Waals surface area contributed by atoms with E-state index < -0.39 is 0 Å². The van der Waals surface area contributed by atoms with Crippen LogP contribution in [0.25, 0.3) is 0 Å². The molecule has 1 rings (SSSR count). The van der Waals surface area contributed by atoms with Crippen molar-refractivity contribution in [2.45, 2.75) is 6.42 Å². The SMILES string of the molecule is C1CNNNC1.[Cr]. The topological polar surface area (TPSA) is 36.1 Å². The van der Waals surface area contributed by atoms with E-state index in [4.69, 9.17) is 0 Å². The molecular formula is C3H9CrN3. The third-order valence-corrected chi connectivity index (χ3v) is 0.780. The molecule has 0 saturated carbocycles. The molecule has 1 aliphatic heterocycles. The van der Waals surface area contributed by atoms with E-state index >= 15 is 0 Å². The molecule has 1 saturated heterocycles. The van der Waals surface area contributed by atoms with Gasteiger partial charge in [-0.1, -0.05) is 0 Å². The fourth-order valence-electron chi connectivity index (χ4n) is 0.453. The van der Waals surface area contributed by atoms with E-state index in [0.29, 0.717) is 0 Å². The number of hydrogen-bond donors (Lipinski definition) is 3. The fraction of sp³-hybridized carbons (Fsp3) is 1.00. The number of hydrogen-bond acceptors (Lipinski definition) is 3. The molecule has 3 nitrogen and oxygen atoms in total. The summed E-state index contributed by atoms with van der Waals surface area (Å²) in [7, 11) is 0. The van der Waals surface area contributed by atoms with Crippen LogP contribution in [0.4, 0.5) is 0 Å². The Morgan fingerprint density at radius 2 is 1.57 bits per heavy atom. The van der Waals surface area contributed by atoms with Crippen molar-refractivity contribution in [3.05, 3.63) is 0 Å².